The fraction of sp³-hybridized carbons (Fsp3) is 0.200. The lowest BCUT2D eigenvalue weighted by atomic mass is 9.92. The second-order valence-electron chi connectivity index (χ2n) is 3.69. The number of nitrogens with one attached hydrogen (secondary N) is 2. The molecule has 4 nitrogen and oxygen atoms in total. The predicted molar refractivity (Wildman–Crippen MR) is 50.4 cm³/mol. The van der Waals surface area contributed by atoms with Crippen molar-refractivity contribution in [2.24, 2.45) is 0 Å². The van der Waals surface area contributed by atoms with Crippen LogP contribution in [0.1, 0.15) is 12.5 Å². The van der Waals surface area contributed by atoms with Crippen LogP contribution in [0, 0.1) is 11.6 Å². The Morgan fingerprint density at radius 3 is 2.12 bits per heavy atom. The largest absolute Gasteiger partial charge is 0.322 e. The molecule has 0 aromatic heterocycles. The molecule has 0 unspecified atom stereocenters. The summed E-state index contributed by atoms with van der Waals surface area (Å²) in [5.74, 6) is -2.24. The normalized spacial score (nSPS) is 24.2. The SMILES string of the molecule is C[C@@]1(c2cc(F)cc(F)c2)NC(=O)NC1=O. The van der Waals surface area contributed by atoms with E-state index in [-0.39, 0.29) is 5.56 Å². The number of imide groups is 1. The number of benzene rings is 1. The minimum Gasteiger partial charge on any atom is -0.320 e. The van der Waals surface area contributed by atoms with E-state index in [9.17, 15) is 18.4 Å². The van der Waals surface area contributed by atoms with Gasteiger partial charge in [0.25, 0.3) is 5.91 Å². The molecular weight excluding hydrogens is 218 g/mol. The molecule has 0 radical (unpaired) electrons. The Kier molecular flexibility index (Phi) is 2.15. The predicted octanol–water partition coefficient (Wildman–Crippen LogP) is 1.02. The molecule has 0 spiro atoms. The Balaban J connectivity index is 2.51. The van der Waals surface area contributed by atoms with Crippen molar-refractivity contribution in [3.05, 3.63) is 35.4 Å². The standard InChI is InChI=1S/C10H8F2N2O2/c1-10(8(15)13-9(16)14-10)5-2-6(11)4-7(12)3-5/h2-4H,1H3,(H2,13,14,15,16)/t10-/m0/s1. The molecule has 1 atom stereocenters. The maximum atomic E-state index is 13.0. The second kappa shape index (κ2) is 3.26. The molecule has 0 bridgehead atoms. The van der Waals surface area contributed by atoms with Crippen LogP contribution in [0.15, 0.2) is 18.2 Å². The molecule has 6 heteroatoms. The van der Waals surface area contributed by atoms with Crippen LogP contribution in [0.5, 0.6) is 0 Å². The molecule has 1 aromatic rings. The zero-order valence-electron chi connectivity index (χ0n) is 8.30. The zero-order valence-corrected chi connectivity index (χ0v) is 8.30. The Morgan fingerprint density at radius 2 is 1.69 bits per heavy atom. The first-order valence-corrected chi connectivity index (χ1v) is 4.52. The fourth-order valence-electron chi connectivity index (χ4n) is 1.59. The van der Waals surface area contributed by atoms with Gasteiger partial charge in [0.05, 0.1) is 0 Å². The lowest BCUT2D eigenvalue weighted by Gasteiger charge is -2.20. The number of rotatable bonds is 1. The van der Waals surface area contributed by atoms with E-state index in [1.165, 1.54) is 6.92 Å². The van der Waals surface area contributed by atoms with Crippen LogP contribution in [-0.2, 0) is 10.3 Å². The highest BCUT2D eigenvalue weighted by Crippen LogP contribution is 2.25. The number of halogens is 2. The third-order valence-corrected chi connectivity index (χ3v) is 2.48. The van der Waals surface area contributed by atoms with Crippen LogP contribution >= 0.6 is 0 Å². The van der Waals surface area contributed by atoms with Crippen molar-refractivity contribution >= 4 is 11.9 Å². The van der Waals surface area contributed by atoms with Gasteiger partial charge in [0.2, 0.25) is 0 Å². The smallest absolute Gasteiger partial charge is 0.320 e. The van der Waals surface area contributed by atoms with Gasteiger partial charge in [0.15, 0.2) is 0 Å². The molecule has 1 fully saturated rings. The summed E-state index contributed by atoms with van der Waals surface area (Å²) in [6, 6.07) is 2.03. The van der Waals surface area contributed by atoms with Gasteiger partial charge in [-0.25, -0.2) is 13.6 Å². The molecule has 1 saturated heterocycles. The molecule has 3 amide bonds. The van der Waals surface area contributed by atoms with Gasteiger partial charge in [0.1, 0.15) is 17.2 Å². The lowest BCUT2D eigenvalue weighted by molar-refractivity contribution is -0.123. The minimum atomic E-state index is -1.43. The van der Waals surface area contributed by atoms with Crippen LogP contribution in [0.25, 0.3) is 0 Å². The monoisotopic (exact) mass is 226 g/mol. The first-order chi connectivity index (χ1) is 7.41. The molecular formula is C10H8F2N2O2. The Morgan fingerprint density at radius 1 is 1.12 bits per heavy atom. The third-order valence-electron chi connectivity index (χ3n) is 2.48. The van der Waals surface area contributed by atoms with Gasteiger partial charge in [-0.05, 0) is 24.6 Å². The summed E-state index contributed by atoms with van der Waals surface area (Å²) in [7, 11) is 0. The first kappa shape index (κ1) is 10.5. The fourth-order valence-corrected chi connectivity index (χ4v) is 1.59. The zero-order chi connectivity index (χ0) is 11.9. The molecule has 1 aliphatic rings. The molecule has 2 rings (SSSR count). The van der Waals surface area contributed by atoms with Gasteiger partial charge in [-0.2, -0.15) is 0 Å². The second-order valence-corrected chi connectivity index (χ2v) is 3.69. The molecule has 0 aliphatic carbocycles. The molecule has 0 saturated carbocycles. The van der Waals surface area contributed by atoms with E-state index in [4.69, 9.17) is 0 Å². The Hall–Kier alpha value is -1.98. The summed E-state index contributed by atoms with van der Waals surface area (Å²) < 4.78 is 26.0. The number of hydrogen-bond acceptors (Lipinski definition) is 2. The summed E-state index contributed by atoms with van der Waals surface area (Å²) in [6.45, 7) is 1.38. The summed E-state index contributed by atoms with van der Waals surface area (Å²) in [5.41, 5.74) is -1.37. The maximum absolute atomic E-state index is 13.0. The van der Waals surface area contributed by atoms with Crippen LogP contribution < -0.4 is 10.6 Å². The lowest BCUT2D eigenvalue weighted by Crippen LogP contribution is -2.40. The van der Waals surface area contributed by atoms with E-state index in [1.54, 1.807) is 0 Å². The van der Waals surface area contributed by atoms with E-state index in [1.807, 2.05) is 5.32 Å². The van der Waals surface area contributed by atoms with Crippen molar-refractivity contribution < 1.29 is 18.4 Å². The van der Waals surface area contributed by atoms with Gasteiger partial charge in [-0.1, -0.05) is 0 Å². The highest BCUT2D eigenvalue weighted by molar-refractivity contribution is 6.07. The van der Waals surface area contributed by atoms with E-state index < -0.39 is 29.1 Å². The number of amides is 3. The van der Waals surface area contributed by atoms with Crippen molar-refractivity contribution in [1.29, 1.82) is 0 Å². The van der Waals surface area contributed by atoms with E-state index in [2.05, 4.69) is 5.32 Å². The molecule has 16 heavy (non-hydrogen) atoms. The van der Waals surface area contributed by atoms with Crippen LogP contribution in [0.3, 0.4) is 0 Å². The van der Waals surface area contributed by atoms with Crippen LogP contribution in [0.2, 0.25) is 0 Å². The van der Waals surface area contributed by atoms with Crippen LogP contribution in [-0.4, -0.2) is 11.9 Å². The minimum absolute atomic E-state index is 0.0633. The van der Waals surface area contributed by atoms with Gasteiger partial charge < -0.3 is 5.32 Å². The van der Waals surface area contributed by atoms with Gasteiger partial charge in [-0.3, -0.25) is 10.1 Å². The molecule has 1 aliphatic heterocycles. The van der Waals surface area contributed by atoms with Crippen LogP contribution in [0.4, 0.5) is 13.6 Å². The number of hydrogen-bond donors (Lipinski definition) is 2. The summed E-state index contributed by atoms with van der Waals surface area (Å²) in [4.78, 5) is 22.5. The summed E-state index contributed by atoms with van der Waals surface area (Å²) in [6.07, 6.45) is 0. The number of carbonyl (C=O) groups excluding carboxylic acids is 2. The molecule has 1 heterocycles. The number of carbonyl (C=O) groups is 2. The average Bonchev–Trinajstić information content (AvgIpc) is 2.40. The first-order valence-electron chi connectivity index (χ1n) is 4.52. The van der Waals surface area contributed by atoms with Crippen molar-refractivity contribution in [2.75, 3.05) is 0 Å². The van der Waals surface area contributed by atoms with E-state index in [0.29, 0.717) is 6.07 Å². The van der Waals surface area contributed by atoms with Crippen molar-refractivity contribution in [1.82, 2.24) is 10.6 Å². The molecule has 1 aromatic carbocycles. The molecule has 84 valence electrons. The van der Waals surface area contributed by atoms with Gasteiger partial charge in [-0.15, -0.1) is 0 Å². The highest BCUT2D eigenvalue weighted by atomic mass is 19.1. The number of urea groups is 1. The van der Waals surface area contributed by atoms with E-state index in [0.717, 1.165) is 12.1 Å². The quantitative estimate of drug-likeness (QED) is 0.702. The van der Waals surface area contributed by atoms with Gasteiger partial charge >= 0.3 is 6.03 Å². The van der Waals surface area contributed by atoms with Crippen molar-refractivity contribution in [3.63, 3.8) is 0 Å². The van der Waals surface area contributed by atoms with Gasteiger partial charge in [0, 0.05) is 6.07 Å². The maximum Gasteiger partial charge on any atom is 0.322 e. The highest BCUT2D eigenvalue weighted by Gasteiger charge is 2.43. The average molecular weight is 226 g/mol. The topological polar surface area (TPSA) is 58.2 Å². The molecule has 2 N–H and O–H groups in total. The van der Waals surface area contributed by atoms with E-state index >= 15 is 0 Å². The third kappa shape index (κ3) is 1.52. The Bertz CT molecular complexity index is 469. The van der Waals surface area contributed by atoms with Crippen molar-refractivity contribution in [2.45, 2.75) is 12.5 Å². The van der Waals surface area contributed by atoms with Crippen molar-refractivity contribution in [3.8, 4) is 0 Å². The Labute approximate surface area is 89.6 Å². The summed E-state index contributed by atoms with van der Waals surface area (Å²) in [5, 5.41) is 4.33. The summed E-state index contributed by atoms with van der Waals surface area (Å²) >= 11 is 0.